The number of hydrogen-bond donors (Lipinski definition) is 0. The smallest absolute Gasteiger partial charge is 0.118 e. The first-order chi connectivity index (χ1) is 9.34. The number of rotatable bonds is 5. The Morgan fingerprint density at radius 1 is 0.950 bits per heavy atom. The lowest BCUT2D eigenvalue weighted by Gasteiger charge is -2.19. The number of nitrogens with zero attached hydrogens (tertiary/aromatic N) is 1. The van der Waals surface area contributed by atoms with Crippen molar-refractivity contribution in [2.75, 3.05) is 7.05 Å². The van der Waals surface area contributed by atoms with Crippen LogP contribution in [0.2, 0.25) is 19.6 Å². The fourth-order valence-electron chi connectivity index (χ4n) is 2.31. The second-order valence-corrected chi connectivity index (χ2v) is 11.7. The number of furan rings is 1. The van der Waals surface area contributed by atoms with Gasteiger partial charge in [-0.1, -0.05) is 49.1 Å². The van der Waals surface area contributed by atoms with Gasteiger partial charge in [-0.2, -0.15) is 0 Å². The molecule has 0 aliphatic heterocycles. The van der Waals surface area contributed by atoms with Crippen LogP contribution in [0.1, 0.15) is 17.1 Å². The summed E-state index contributed by atoms with van der Waals surface area (Å²) in [6, 6.07) is 13.2. The zero-order valence-electron chi connectivity index (χ0n) is 13.2. The molecule has 0 saturated carbocycles. The Kier molecular flexibility index (Phi) is 4.51. The molecule has 108 valence electrons. The molecule has 0 atom stereocenters. The van der Waals surface area contributed by atoms with E-state index in [1.807, 2.05) is 13.0 Å². The third kappa shape index (κ3) is 4.08. The minimum atomic E-state index is -1.18. The summed E-state index contributed by atoms with van der Waals surface area (Å²) in [6.45, 7) is 10.9. The van der Waals surface area contributed by atoms with Crippen LogP contribution in [0.4, 0.5) is 0 Å². The van der Waals surface area contributed by atoms with Crippen LogP contribution in [0.15, 0.2) is 40.8 Å². The van der Waals surface area contributed by atoms with E-state index in [9.17, 15) is 0 Å². The summed E-state index contributed by atoms with van der Waals surface area (Å²) in [5.74, 6) is 2.01. The van der Waals surface area contributed by atoms with Gasteiger partial charge in [-0.25, -0.2) is 0 Å². The molecule has 0 radical (unpaired) electrons. The highest BCUT2D eigenvalue weighted by Gasteiger charge is 2.15. The number of hydrogen-bond acceptors (Lipinski definition) is 2. The minimum Gasteiger partial charge on any atom is -0.465 e. The molecule has 2 nitrogen and oxygen atoms in total. The summed E-state index contributed by atoms with van der Waals surface area (Å²) in [7, 11) is 0.946. The predicted molar refractivity (Wildman–Crippen MR) is 88.0 cm³/mol. The average Bonchev–Trinajstić information content (AvgIpc) is 2.74. The molecule has 0 unspecified atom stereocenters. The average molecular weight is 287 g/mol. The Morgan fingerprint density at radius 3 is 2.10 bits per heavy atom. The molecule has 20 heavy (non-hydrogen) atoms. The first-order valence-electron chi connectivity index (χ1n) is 7.18. The van der Waals surface area contributed by atoms with E-state index in [2.05, 4.69) is 61.9 Å². The van der Waals surface area contributed by atoms with Crippen LogP contribution in [0.5, 0.6) is 0 Å². The zero-order chi connectivity index (χ0) is 14.8. The first kappa shape index (κ1) is 15.1. The molecule has 0 fully saturated rings. The second-order valence-electron chi connectivity index (χ2n) is 6.63. The van der Waals surface area contributed by atoms with Gasteiger partial charge in [-0.15, -0.1) is 0 Å². The monoisotopic (exact) mass is 287 g/mol. The van der Waals surface area contributed by atoms with Crippen molar-refractivity contribution in [2.24, 2.45) is 0 Å². The second kappa shape index (κ2) is 5.98. The van der Waals surface area contributed by atoms with E-state index >= 15 is 0 Å². The van der Waals surface area contributed by atoms with Crippen molar-refractivity contribution in [1.29, 1.82) is 0 Å². The maximum atomic E-state index is 5.62. The van der Waals surface area contributed by atoms with Crippen molar-refractivity contribution >= 4 is 13.3 Å². The normalized spacial score (nSPS) is 12.1. The molecule has 0 amide bonds. The van der Waals surface area contributed by atoms with E-state index in [4.69, 9.17) is 4.42 Å². The van der Waals surface area contributed by atoms with Crippen LogP contribution in [0, 0.1) is 6.92 Å². The third-order valence-electron chi connectivity index (χ3n) is 3.49. The van der Waals surface area contributed by atoms with Crippen molar-refractivity contribution in [3.05, 3.63) is 53.5 Å². The standard InChI is InChI=1S/C17H25NOSi/c1-14-6-9-16(19-14)13-18(2)12-15-7-10-17(11-8-15)20(3,4)5/h6-11H,12-13H2,1-5H3. The molecule has 2 aromatic rings. The van der Waals surface area contributed by atoms with Crippen LogP contribution >= 0.6 is 0 Å². The molecule has 0 bridgehead atoms. The van der Waals surface area contributed by atoms with Gasteiger partial charge in [0.25, 0.3) is 0 Å². The molecule has 0 saturated heterocycles. The Hall–Kier alpha value is -1.32. The van der Waals surface area contributed by atoms with Crippen LogP contribution in [0.25, 0.3) is 0 Å². The number of aryl methyl sites for hydroxylation is 1. The topological polar surface area (TPSA) is 16.4 Å². The molecular formula is C17H25NOSi. The molecule has 3 heteroatoms. The highest BCUT2D eigenvalue weighted by molar-refractivity contribution is 6.88. The summed E-state index contributed by atoms with van der Waals surface area (Å²) in [6.07, 6.45) is 0. The lowest BCUT2D eigenvalue weighted by Crippen LogP contribution is -2.37. The lowest BCUT2D eigenvalue weighted by molar-refractivity contribution is 0.285. The van der Waals surface area contributed by atoms with Gasteiger partial charge >= 0.3 is 0 Å². The fourth-order valence-corrected chi connectivity index (χ4v) is 3.48. The summed E-state index contributed by atoms with van der Waals surface area (Å²) in [5, 5.41) is 1.52. The molecule has 0 spiro atoms. The van der Waals surface area contributed by atoms with Crippen molar-refractivity contribution in [3.63, 3.8) is 0 Å². The van der Waals surface area contributed by atoms with E-state index in [0.29, 0.717) is 0 Å². The van der Waals surface area contributed by atoms with Gasteiger partial charge in [0.05, 0.1) is 14.6 Å². The quantitative estimate of drug-likeness (QED) is 0.778. The molecule has 0 aliphatic carbocycles. The third-order valence-corrected chi connectivity index (χ3v) is 5.56. The van der Waals surface area contributed by atoms with E-state index in [0.717, 1.165) is 24.6 Å². The van der Waals surface area contributed by atoms with Gasteiger partial charge in [0.2, 0.25) is 0 Å². The van der Waals surface area contributed by atoms with E-state index in [1.165, 1.54) is 10.8 Å². The van der Waals surface area contributed by atoms with Crippen LogP contribution in [-0.2, 0) is 13.1 Å². The predicted octanol–water partition coefficient (Wildman–Crippen LogP) is 3.77. The van der Waals surface area contributed by atoms with Gasteiger partial charge in [0, 0.05) is 6.54 Å². The molecule has 1 heterocycles. The summed E-state index contributed by atoms with van der Waals surface area (Å²) in [4.78, 5) is 2.28. The van der Waals surface area contributed by atoms with Crippen LogP contribution in [-0.4, -0.2) is 20.0 Å². The summed E-state index contributed by atoms with van der Waals surface area (Å²) < 4.78 is 5.62. The van der Waals surface area contributed by atoms with Crippen molar-refractivity contribution in [1.82, 2.24) is 4.90 Å². The fraction of sp³-hybridized carbons (Fsp3) is 0.412. The molecule has 0 N–H and O–H groups in total. The van der Waals surface area contributed by atoms with Crippen LogP contribution in [0.3, 0.4) is 0 Å². The Morgan fingerprint density at radius 2 is 1.60 bits per heavy atom. The molecule has 1 aromatic heterocycles. The highest BCUT2D eigenvalue weighted by Crippen LogP contribution is 2.11. The minimum absolute atomic E-state index is 0.851. The zero-order valence-corrected chi connectivity index (χ0v) is 14.2. The van der Waals surface area contributed by atoms with Gasteiger partial charge < -0.3 is 4.42 Å². The number of benzene rings is 1. The summed E-state index contributed by atoms with van der Waals surface area (Å²) >= 11 is 0. The SMILES string of the molecule is Cc1ccc(CN(C)Cc2ccc([Si](C)(C)C)cc2)o1. The van der Waals surface area contributed by atoms with Gasteiger partial charge in [0.15, 0.2) is 0 Å². The van der Waals surface area contributed by atoms with E-state index in [1.54, 1.807) is 0 Å². The van der Waals surface area contributed by atoms with E-state index in [-0.39, 0.29) is 0 Å². The van der Waals surface area contributed by atoms with Crippen molar-refractivity contribution < 1.29 is 4.42 Å². The van der Waals surface area contributed by atoms with Gasteiger partial charge in [-0.05, 0) is 31.7 Å². The highest BCUT2D eigenvalue weighted by atomic mass is 28.3. The van der Waals surface area contributed by atoms with E-state index < -0.39 is 8.07 Å². The Bertz CT molecular complexity index is 551. The maximum absolute atomic E-state index is 5.62. The largest absolute Gasteiger partial charge is 0.465 e. The van der Waals surface area contributed by atoms with Gasteiger partial charge in [-0.3, -0.25) is 4.90 Å². The van der Waals surface area contributed by atoms with Crippen LogP contribution < -0.4 is 5.19 Å². The Labute approximate surface area is 123 Å². The van der Waals surface area contributed by atoms with Crippen molar-refractivity contribution in [3.8, 4) is 0 Å². The Balaban J connectivity index is 1.96. The first-order valence-corrected chi connectivity index (χ1v) is 10.7. The molecule has 1 aromatic carbocycles. The van der Waals surface area contributed by atoms with Gasteiger partial charge in [0.1, 0.15) is 11.5 Å². The summed E-state index contributed by atoms with van der Waals surface area (Å²) in [5.41, 5.74) is 1.36. The lowest BCUT2D eigenvalue weighted by atomic mass is 10.2. The maximum Gasteiger partial charge on any atom is 0.118 e. The molecule has 2 rings (SSSR count). The molecule has 0 aliphatic rings. The van der Waals surface area contributed by atoms with Crippen molar-refractivity contribution in [2.45, 2.75) is 39.7 Å². The molecular weight excluding hydrogens is 262 g/mol.